The van der Waals surface area contributed by atoms with Crippen LogP contribution in [-0.2, 0) is 16.6 Å². The van der Waals surface area contributed by atoms with E-state index in [-0.39, 0.29) is 17.3 Å². The monoisotopic (exact) mass is 375 g/mol. The van der Waals surface area contributed by atoms with Crippen molar-refractivity contribution in [1.82, 2.24) is 14.9 Å². The van der Waals surface area contributed by atoms with Crippen LogP contribution in [0.2, 0.25) is 0 Å². The van der Waals surface area contributed by atoms with Crippen LogP contribution in [-0.4, -0.2) is 32.8 Å². The number of hydrogen-bond donors (Lipinski definition) is 1. The second kappa shape index (κ2) is 7.54. The summed E-state index contributed by atoms with van der Waals surface area (Å²) in [7, 11) is -0.627. The summed E-state index contributed by atoms with van der Waals surface area (Å²) in [5.74, 6) is 1.74. The molecule has 1 heterocycles. The first-order valence-corrected chi connectivity index (χ1v) is 9.11. The molecule has 0 radical (unpaired) electrons. The molecule has 0 fully saturated rings. The average Bonchev–Trinajstić information content (AvgIpc) is 3.16. The Morgan fingerprint density at radius 2 is 1.77 bits per heavy atom. The summed E-state index contributed by atoms with van der Waals surface area (Å²) in [6.07, 6.45) is 0. The molecule has 0 unspecified atom stereocenters. The van der Waals surface area contributed by atoms with Gasteiger partial charge in [-0.3, -0.25) is 0 Å². The summed E-state index contributed by atoms with van der Waals surface area (Å²) in [6, 6.07) is 13.2. The van der Waals surface area contributed by atoms with Crippen LogP contribution >= 0.6 is 0 Å². The Balaban J connectivity index is 1.70. The molecule has 8 nitrogen and oxygen atoms in total. The third-order valence-electron chi connectivity index (χ3n) is 3.58. The Bertz CT molecular complexity index is 984. The molecule has 0 aliphatic carbocycles. The summed E-state index contributed by atoms with van der Waals surface area (Å²) < 4.78 is 42.3. The topological polar surface area (TPSA) is 104 Å². The van der Waals surface area contributed by atoms with Gasteiger partial charge in [-0.1, -0.05) is 17.3 Å². The summed E-state index contributed by atoms with van der Waals surface area (Å²) in [5, 5.41) is 3.86. The maximum absolute atomic E-state index is 12.3. The number of benzene rings is 2. The molecular formula is C17H17N3O5S. The van der Waals surface area contributed by atoms with E-state index in [1.165, 1.54) is 19.2 Å². The second-order valence-corrected chi connectivity index (χ2v) is 7.01. The van der Waals surface area contributed by atoms with Crippen molar-refractivity contribution in [2.75, 3.05) is 14.2 Å². The third-order valence-corrected chi connectivity index (χ3v) is 5.00. The maximum Gasteiger partial charge on any atom is 0.242 e. The lowest BCUT2D eigenvalue weighted by Gasteiger charge is -2.05. The molecule has 26 heavy (non-hydrogen) atoms. The number of aromatic nitrogens is 2. The van der Waals surface area contributed by atoms with Gasteiger partial charge < -0.3 is 14.0 Å². The highest BCUT2D eigenvalue weighted by molar-refractivity contribution is 7.89. The molecule has 0 atom stereocenters. The lowest BCUT2D eigenvalue weighted by atomic mass is 10.2. The summed E-state index contributed by atoms with van der Waals surface area (Å²) in [6.45, 7) is -0.120. The fraction of sp³-hybridized carbons (Fsp3) is 0.176. The molecule has 0 saturated heterocycles. The highest BCUT2D eigenvalue weighted by Gasteiger charge is 2.16. The summed E-state index contributed by atoms with van der Waals surface area (Å²) >= 11 is 0. The van der Waals surface area contributed by atoms with Gasteiger partial charge in [0.1, 0.15) is 11.5 Å². The van der Waals surface area contributed by atoms with Gasteiger partial charge in [-0.05, 0) is 36.4 Å². The minimum Gasteiger partial charge on any atom is -0.497 e. The molecule has 0 aliphatic rings. The molecule has 0 saturated carbocycles. The number of rotatable bonds is 7. The zero-order valence-electron chi connectivity index (χ0n) is 14.2. The van der Waals surface area contributed by atoms with Gasteiger partial charge in [0.15, 0.2) is 0 Å². The van der Waals surface area contributed by atoms with Gasteiger partial charge in [0.05, 0.1) is 25.7 Å². The number of methoxy groups -OCH3 is 2. The fourth-order valence-corrected chi connectivity index (χ4v) is 3.18. The van der Waals surface area contributed by atoms with Gasteiger partial charge >= 0.3 is 0 Å². The molecule has 0 spiro atoms. The summed E-state index contributed by atoms with van der Waals surface area (Å²) in [4.78, 5) is 4.32. The quantitative estimate of drug-likeness (QED) is 0.675. The molecule has 0 amide bonds. The third kappa shape index (κ3) is 4.01. The van der Waals surface area contributed by atoms with E-state index in [0.29, 0.717) is 22.9 Å². The van der Waals surface area contributed by atoms with Crippen molar-refractivity contribution in [2.45, 2.75) is 11.4 Å². The molecule has 0 bridgehead atoms. The van der Waals surface area contributed by atoms with Gasteiger partial charge in [-0.15, -0.1) is 0 Å². The van der Waals surface area contributed by atoms with Crippen molar-refractivity contribution in [1.29, 1.82) is 0 Å². The Hall–Kier alpha value is -2.91. The molecule has 0 aliphatic heterocycles. The van der Waals surface area contributed by atoms with Crippen LogP contribution in [0.1, 0.15) is 5.89 Å². The largest absolute Gasteiger partial charge is 0.497 e. The number of sulfonamides is 1. The normalized spacial score (nSPS) is 11.3. The van der Waals surface area contributed by atoms with E-state index in [4.69, 9.17) is 14.0 Å². The first kappa shape index (κ1) is 17.9. The van der Waals surface area contributed by atoms with Gasteiger partial charge in [0.2, 0.25) is 21.7 Å². The van der Waals surface area contributed by atoms with E-state index in [9.17, 15) is 8.42 Å². The van der Waals surface area contributed by atoms with E-state index in [1.807, 2.05) is 0 Å². The highest BCUT2D eigenvalue weighted by atomic mass is 32.2. The molecule has 1 aromatic heterocycles. The Morgan fingerprint density at radius 3 is 2.46 bits per heavy atom. The van der Waals surface area contributed by atoms with Crippen LogP contribution in [0.25, 0.3) is 11.4 Å². The minimum atomic E-state index is -3.70. The van der Waals surface area contributed by atoms with Crippen molar-refractivity contribution in [3.05, 3.63) is 54.4 Å². The van der Waals surface area contributed by atoms with Gasteiger partial charge in [0, 0.05) is 5.56 Å². The lowest BCUT2D eigenvalue weighted by molar-refractivity contribution is 0.376. The van der Waals surface area contributed by atoms with Crippen molar-refractivity contribution >= 4 is 10.0 Å². The number of hydrogen-bond acceptors (Lipinski definition) is 7. The van der Waals surface area contributed by atoms with E-state index in [1.54, 1.807) is 43.5 Å². The molecule has 136 valence electrons. The van der Waals surface area contributed by atoms with Gasteiger partial charge in [-0.25, -0.2) is 13.1 Å². The van der Waals surface area contributed by atoms with Crippen molar-refractivity contribution in [3.8, 4) is 22.9 Å². The standard InChI is InChI=1S/C17H17N3O5S/c1-23-13-6-8-15(9-7-13)26(21,22)18-11-16-19-17(20-25-16)12-4-3-5-14(10-12)24-2/h3-10,18H,11H2,1-2H3. The van der Waals surface area contributed by atoms with E-state index >= 15 is 0 Å². The number of nitrogens with one attached hydrogen (secondary N) is 1. The zero-order chi connectivity index (χ0) is 18.6. The zero-order valence-corrected chi connectivity index (χ0v) is 15.0. The second-order valence-electron chi connectivity index (χ2n) is 5.24. The predicted molar refractivity (Wildman–Crippen MR) is 93.3 cm³/mol. The molecule has 2 aromatic carbocycles. The lowest BCUT2D eigenvalue weighted by Crippen LogP contribution is -2.23. The first-order chi connectivity index (χ1) is 12.5. The average molecular weight is 375 g/mol. The molecule has 3 rings (SSSR count). The van der Waals surface area contributed by atoms with Gasteiger partial charge in [0.25, 0.3) is 0 Å². The SMILES string of the molecule is COc1ccc(S(=O)(=O)NCc2nc(-c3cccc(OC)c3)no2)cc1. The van der Waals surface area contributed by atoms with Crippen molar-refractivity contribution in [2.24, 2.45) is 0 Å². The Labute approximate surface area is 150 Å². The first-order valence-electron chi connectivity index (χ1n) is 7.62. The maximum atomic E-state index is 12.3. The smallest absolute Gasteiger partial charge is 0.242 e. The Kier molecular flexibility index (Phi) is 5.19. The van der Waals surface area contributed by atoms with Crippen LogP contribution in [0.5, 0.6) is 11.5 Å². The van der Waals surface area contributed by atoms with E-state index in [0.717, 1.165) is 0 Å². The predicted octanol–water partition coefficient (Wildman–Crippen LogP) is 2.23. The fourth-order valence-electron chi connectivity index (χ4n) is 2.20. The van der Waals surface area contributed by atoms with Crippen LogP contribution < -0.4 is 14.2 Å². The van der Waals surface area contributed by atoms with Crippen molar-refractivity contribution in [3.63, 3.8) is 0 Å². The molecule has 1 N–H and O–H groups in total. The van der Waals surface area contributed by atoms with Crippen molar-refractivity contribution < 1.29 is 22.4 Å². The van der Waals surface area contributed by atoms with Gasteiger partial charge in [-0.2, -0.15) is 4.98 Å². The van der Waals surface area contributed by atoms with Crippen LogP contribution in [0.15, 0.2) is 57.9 Å². The highest BCUT2D eigenvalue weighted by Crippen LogP contribution is 2.21. The minimum absolute atomic E-state index is 0.117. The molecular weight excluding hydrogens is 358 g/mol. The van der Waals surface area contributed by atoms with Crippen LogP contribution in [0.3, 0.4) is 0 Å². The van der Waals surface area contributed by atoms with E-state index in [2.05, 4.69) is 14.9 Å². The Morgan fingerprint density at radius 1 is 1.04 bits per heavy atom. The number of ether oxygens (including phenoxy) is 2. The van der Waals surface area contributed by atoms with E-state index < -0.39 is 10.0 Å². The molecule has 3 aromatic rings. The van der Waals surface area contributed by atoms with Crippen LogP contribution in [0, 0.1) is 0 Å². The number of nitrogens with zero attached hydrogens (tertiary/aromatic N) is 2. The summed E-state index contributed by atoms with van der Waals surface area (Å²) in [5.41, 5.74) is 0.706. The van der Waals surface area contributed by atoms with Crippen LogP contribution in [0.4, 0.5) is 0 Å². The molecule has 9 heteroatoms.